The lowest BCUT2D eigenvalue weighted by Gasteiger charge is -2.35. The number of ether oxygens (including phenoxy) is 3. The van der Waals surface area contributed by atoms with Crippen LogP contribution in [0.4, 0.5) is 15.9 Å². The highest BCUT2D eigenvalue weighted by Gasteiger charge is 2.47. The van der Waals surface area contributed by atoms with E-state index in [9.17, 15) is 9.18 Å². The van der Waals surface area contributed by atoms with E-state index in [1.54, 1.807) is 31.4 Å². The van der Waals surface area contributed by atoms with Gasteiger partial charge in [-0.1, -0.05) is 17.7 Å². The van der Waals surface area contributed by atoms with Gasteiger partial charge < -0.3 is 30.2 Å². The quantitative estimate of drug-likeness (QED) is 0.270. The second-order valence-electron chi connectivity index (χ2n) is 9.03. The highest BCUT2D eigenvalue weighted by molar-refractivity contribution is 6.31. The number of carbonyl (C=O) groups is 1. The number of benzene rings is 2. The van der Waals surface area contributed by atoms with Gasteiger partial charge in [-0.05, 0) is 38.1 Å². The minimum atomic E-state index is -0.606. The third-order valence-corrected chi connectivity index (χ3v) is 7.06. The van der Waals surface area contributed by atoms with Gasteiger partial charge in [-0.25, -0.2) is 19.2 Å². The van der Waals surface area contributed by atoms with E-state index in [0.29, 0.717) is 53.9 Å². The number of hydrogen-bond donors (Lipinski definition) is 3. The Morgan fingerprint density at radius 3 is 2.70 bits per heavy atom. The Kier molecular flexibility index (Phi) is 8.63. The topological polar surface area (TPSA) is 111 Å². The molecule has 4 rings (SSSR count). The molecule has 9 nitrogen and oxygen atoms in total. The normalized spacial score (nSPS) is 19.4. The van der Waals surface area contributed by atoms with Crippen LogP contribution in [0.1, 0.15) is 25.7 Å². The predicted octanol–water partition coefficient (Wildman–Crippen LogP) is 3.19. The van der Waals surface area contributed by atoms with Crippen molar-refractivity contribution >= 4 is 40.0 Å². The molecule has 0 radical (unpaired) electrons. The molecule has 3 aromatic rings. The fourth-order valence-electron chi connectivity index (χ4n) is 4.73. The van der Waals surface area contributed by atoms with Crippen molar-refractivity contribution in [2.45, 2.75) is 37.3 Å². The number of nitrogens with zero attached hydrogens (tertiary/aromatic N) is 2. The van der Waals surface area contributed by atoms with E-state index >= 15 is 0 Å². The Morgan fingerprint density at radius 2 is 2.00 bits per heavy atom. The minimum absolute atomic E-state index is 0.0117. The molecule has 1 aromatic heterocycles. The number of carbonyl (C=O) groups excluding carboxylic acids is 1. The summed E-state index contributed by atoms with van der Waals surface area (Å²) in [5, 5.41) is 8.85. The molecule has 11 heteroatoms. The second-order valence-corrected chi connectivity index (χ2v) is 9.44. The fourth-order valence-corrected chi connectivity index (χ4v) is 4.91. The summed E-state index contributed by atoms with van der Waals surface area (Å²) in [5.41, 5.74) is 0.202. The van der Waals surface area contributed by atoms with Gasteiger partial charge in [0.1, 0.15) is 12.1 Å². The first kappa shape index (κ1) is 26.8. The highest BCUT2D eigenvalue weighted by atomic mass is 35.5. The van der Waals surface area contributed by atoms with Gasteiger partial charge in [0.25, 0.3) is 0 Å². The van der Waals surface area contributed by atoms with Crippen molar-refractivity contribution in [3.8, 4) is 11.5 Å². The Hall–Kier alpha value is -3.21. The molecule has 2 aromatic carbocycles. The first-order valence-electron chi connectivity index (χ1n) is 12.2. The van der Waals surface area contributed by atoms with Crippen molar-refractivity contribution in [1.82, 2.24) is 15.3 Å². The molecule has 0 spiro atoms. The van der Waals surface area contributed by atoms with Crippen LogP contribution in [0, 0.1) is 5.82 Å². The van der Waals surface area contributed by atoms with Gasteiger partial charge in [-0.3, -0.25) is 0 Å². The molecular weight excluding hydrogens is 501 g/mol. The Labute approximate surface area is 220 Å². The lowest BCUT2D eigenvalue weighted by Crippen LogP contribution is -3.00. The van der Waals surface area contributed by atoms with Crippen LogP contribution in [0.5, 0.6) is 11.5 Å². The molecule has 0 saturated heterocycles. The van der Waals surface area contributed by atoms with Gasteiger partial charge in [0.2, 0.25) is 0 Å². The molecule has 1 saturated carbocycles. The summed E-state index contributed by atoms with van der Waals surface area (Å²) in [6.07, 6.45) is 3.90. The van der Waals surface area contributed by atoms with E-state index in [0.717, 1.165) is 13.1 Å². The van der Waals surface area contributed by atoms with Crippen molar-refractivity contribution in [3.05, 3.63) is 47.5 Å². The largest absolute Gasteiger partial charge is 0.493 e. The van der Waals surface area contributed by atoms with Crippen LogP contribution in [-0.2, 0) is 9.53 Å². The number of nitrogens with one attached hydrogen (secondary N) is 2. The van der Waals surface area contributed by atoms with E-state index in [-0.39, 0.29) is 22.8 Å². The van der Waals surface area contributed by atoms with Gasteiger partial charge in [-0.2, -0.15) is 0 Å². The van der Waals surface area contributed by atoms with Gasteiger partial charge in [0, 0.05) is 30.8 Å². The molecule has 0 amide bonds. The van der Waals surface area contributed by atoms with Gasteiger partial charge >= 0.3 is 5.97 Å². The smallest absolute Gasteiger partial charge is 0.367 e. The lowest BCUT2D eigenvalue weighted by atomic mass is 9.80. The molecule has 0 bridgehead atoms. The number of hydrogen-bond acceptors (Lipinski definition) is 8. The highest BCUT2D eigenvalue weighted by Crippen LogP contribution is 2.38. The summed E-state index contributed by atoms with van der Waals surface area (Å²) in [5.74, 6) is 0.687. The minimum Gasteiger partial charge on any atom is -0.493 e. The van der Waals surface area contributed by atoms with E-state index in [1.807, 2.05) is 7.05 Å². The molecule has 4 N–H and O–H groups in total. The van der Waals surface area contributed by atoms with E-state index < -0.39 is 11.4 Å². The molecule has 0 atom stereocenters. The zero-order valence-electron chi connectivity index (χ0n) is 21.1. The van der Waals surface area contributed by atoms with Crippen LogP contribution in [-0.4, -0.2) is 61.9 Å². The van der Waals surface area contributed by atoms with E-state index in [4.69, 9.17) is 25.8 Å². The van der Waals surface area contributed by atoms with Crippen molar-refractivity contribution in [3.63, 3.8) is 0 Å². The van der Waals surface area contributed by atoms with Crippen molar-refractivity contribution < 1.29 is 28.7 Å². The van der Waals surface area contributed by atoms with E-state index in [1.165, 1.54) is 19.5 Å². The first-order chi connectivity index (χ1) is 17.9. The maximum atomic E-state index is 14.5. The van der Waals surface area contributed by atoms with Crippen LogP contribution in [0.3, 0.4) is 0 Å². The van der Waals surface area contributed by atoms with Crippen LogP contribution in [0.15, 0.2) is 36.7 Å². The maximum Gasteiger partial charge on any atom is 0.367 e. The van der Waals surface area contributed by atoms with Gasteiger partial charge in [-0.15, -0.1) is 0 Å². The Balaban J connectivity index is 1.56. The van der Waals surface area contributed by atoms with Crippen LogP contribution < -0.4 is 25.4 Å². The number of anilines is 2. The first-order valence-corrected chi connectivity index (χ1v) is 12.6. The molecular formula is C26H32ClFN5O4+. The number of aromatic nitrogens is 2. The molecule has 1 heterocycles. The summed E-state index contributed by atoms with van der Waals surface area (Å²) in [7, 11) is 4.88. The number of esters is 1. The average Bonchev–Trinajstić information content (AvgIpc) is 2.92. The molecule has 1 fully saturated rings. The number of likely N-dealkylation sites (N-methyl/N-ethyl adjacent to an activating group) is 1. The van der Waals surface area contributed by atoms with Gasteiger partial charge in [0.05, 0.1) is 43.1 Å². The lowest BCUT2D eigenvalue weighted by molar-refractivity contribution is -0.716. The molecule has 1 aliphatic rings. The zero-order valence-corrected chi connectivity index (χ0v) is 21.9. The molecule has 0 aliphatic heterocycles. The zero-order chi connectivity index (χ0) is 26.4. The summed E-state index contributed by atoms with van der Waals surface area (Å²) in [6.45, 7) is 1.57. The van der Waals surface area contributed by atoms with Crippen molar-refractivity contribution in [2.75, 3.05) is 39.7 Å². The molecule has 1 aliphatic carbocycles. The number of rotatable bonds is 10. The predicted molar refractivity (Wildman–Crippen MR) is 139 cm³/mol. The summed E-state index contributed by atoms with van der Waals surface area (Å²) in [6, 6.07) is 8.27. The standard InChI is InChI=1S/C26H31ClFN5O4/c1-29-11-12-32-26(25(34)36-3)9-7-16(8-10-26)37-22-13-17-20(14-21(22)35-2)30-15-31-24(17)33-19-6-4-5-18(27)23(19)28/h4-6,13-16,29,32H,7-12H2,1-3H3,(H,30,31,33)/p+1. The number of fused-ring (bicyclic) bond motifs is 1. The molecule has 0 unspecified atom stereocenters. The number of quaternary nitrogens is 1. The van der Waals surface area contributed by atoms with Crippen LogP contribution in [0.25, 0.3) is 10.9 Å². The molecule has 37 heavy (non-hydrogen) atoms. The monoisotopic (exact) mass is 532 g/mol. The fraction of sp³-hybridized carbons (Fsp3) is 0.423. The number of methoxy groups -OCH3 is 2. The number of nitrogens with two attached hydrogens (primary N) is 1. The third-order valence-electron chi connectivity index (χ3n) is 6.77. The molecule has 198 valence electrons. The average molecular weight is 533 g/mol. The maximum absolute atomic E-state index is 14.5. The van der Waals surface area contributed by atoms with Crippen LogP contribution in [0.2, 0.25) is 5.02 Å². The van der Waals surface area contributed by atoms with Gasteiger partial charge in [0.15, 0.2) is 22.9 Å². The van der Waals surface area contributed by atoms with E-state index in [2.05, 4.69) is 25.9 Å². The third kappa shape index (κ3) is 5.87. The van der Waals surface area contributed by atoms with Crippen molar-refractivity contribution in [2.24, 2.45) is 0 Å². The second kappa shape index (κ2) is 11.9. The Morgan fingerprint density at radius 1 is 1.22 bits per heavy atom. The van der Waals surface area contributed by atoms with Crippen LogP contribution >= 0.6 is 11.6 Å². The summed E-state index contributed by atoms with van der Waals surface area (Å²) in [4.78, 5) is 21.3. The summed E-state index contributed by atoms with van der Waals surface area (Å²) >= 11 is 5.94. The van der Waals surface area contributed by atoms with Crippen molar-refractivity contribution in [1.29, 1.82) is 0 Å². The summed E-state index contributed by atoms with van der Waals surface area (Å²) < 4.78 is 31.6. The number of halogens is 2. The SMILES string of the molecule is CNCC[NH2+]C1(C(=O)OC)CCC(Oc2cc3c(Nc4cccc(Cl)c4F)ncnc3cc2OC)CC1. The Bertz CT molecular complexity index is 1250.